The number of nitrogens with zero attached hydrogens (tertiary/aromatic N) is 1. The van der Waals surface area contributed by atoms with Crippen LogP contribution in [-0.2, 0) is 0 Å². The fourth-order valence-corrected chi connectivity index (χ4v) is 1.82. The van der Waals surface area contributed by atoms with Gasteiger partial charge >= 0.3 is 0 Å². The molecule has 1 N–H and O–H groups in total. The Morgan fingerprint density at radius 2 is 1.94 bits per heavy atom. The van der Waals surface area contributed by atoms with Crippen LogP contribution in [0.25, 0.3) is 0 Å². The van der Waals surface area contributed by atoms with Gasteiger partial charge in [0.15, 0.2) is 6.17 Å². The number of halogens is 4. The average molecular weight is 436 g/mol. The molecule has 0 aliphatic rings. The molecule has 3 nitrogen and oxygen atoms in total. The zero-order valence-corrected chi connectivity index (χ0v) is 13.9. The minimum Gasteiger partial charge on any atom is -0.326 e. The number of carbonyl (C=O) groups excluding carboxylic acids is 1. The number of thiocarbonyl (C=S) groups is 1. The molecule has 1 rings (SSSR count). The molecule has 0 fully saturated rings. The van der Waals surface area contributed by atoms with E-state index in [0.717, 1.165) is 3.57 Å². The van der Waals surface area contributed by atoms with Crippen molar-refractivity contribution in [1.29, 1.82) is 0 Å². The minimum absolute atomic E-state index is 0.406. The largest absolute Gasteiger partial charge is 0.326 e. The number of alkyl halides is 3. The summed E-state index contributed by atoms with van der Waals surface area (Å²) in [7, 11) is 0. The van der Waals surface area contributed by atoms with Gasteiger partial charge in [-0.3, -0.25) is 4.79 Å². The van der Waals surface area contributed by atoms with E-state index in [9.17, 15) is 4.79 Å². The topological polar surface area (TPSA) is 41.5 Å². The van der Waals surface area contributed by atoms with E-state index in [1.807, 2.05) is 0 Å². The average Bonchev–Trinajstić information content (AvgIpc) is 2.28. The van der Waals surface area contributed by atoms with Crippen LogP contribution in [0, 0.1) is 3.57 Å². The number of isothiocyanates is 1. The van der Waals surface area contributed by atoms with Crippen LogP contribution in [0.4, 0.5) is 0 Å². The van der Waals surface area contributed by atoms with Gasteiger partial charge in [-0.25, -0.2) is 4.99 Å². The summed E-state index contributed by atoms with van der Waals surface area (Å²) in [5, 5.41) is 4.54. The number of rotatable bonds is 3. The second kappa shape index (κ2) is 7.03. The van der Waals surface area contributed by atoms with Gasteiger partial charge in [0.1, 0.15) is 0 Å². The SMILES string of the molecule is O=C(NC(N=C=S)C(Cl)(Cl)Cl)c1ccc(I)cc1. The highest BCUT2D eigenvalue weighted by atomic mass is 127. The highest BCUT2D eigenvalue weighted by molar-refractivity contribution is 14.1. The fraction of sp³-hybridized carbons (Fsp3) is 0.200. The minimum atomic E-state index is -1.79. The predicted octanol–water partition coefficient (Wildman–Crippen LogP) is 3.82. The van der Waals surface area contributed by atoms with Gasteiger partial charge in [0, 0.05) is 9.13 Å². The van der Waals surface area contributed by atoms with E-state index < -0.39 is 15.9 Å². The van der Waals surface area contributed by atoms with Crippen molar-refractivity contribution in [1.82, 2.24) is 5.32 Å². The van der Waals surface area contributed by atoms with Gasteiger partial charge in [-0.1, -0.05) is 34.8 Å². The van der Waals surface area contributed by atoms with Gasteiger partial charge in [-0.05, 0) is 59.1 Å². The molecule has 1 unspecified atom stereocenters. The molecule has 0 aromatic heterocycles. The maximum absolute atomic E-state index is 11.9. The first kappa shape index (κ1) is 16.1. The Morgan fingerprint density at radius 1 is 1.39 bits per heavy atom. The van der Waals surface area contributed by atoms with Crippen LogP contribution < -0.4 is 5.32 Å². The fourth-order valence-electron chi connectivity index (χ4n) is 1.05. The van der Waals surface area contributed by atoms with Gasteiger partial charge in [0.25, 0.3) is 5.91 Å². The summed E-state index contributed by atoms with van der Waals surface area (Å²) in [6, 6.07) is 6.91. The molecule has 0 radical (unpaired) electrons. The van der Waals surface area contributed by atoms with Crippen LogP contribution in [0.15, 0.2) is 29.3 Å². The van der Waals surface area contributed by atoms with Crippen LogP contribution in [0.5, 0.6) is 0 Å². The zero-order valence-electron chi connectivity index (χ0n) is 8.66. The lowest BCUT2D eigenvalue weighted by Gasteiger charge is -2.20. The molecule has 0 spiro atoms. The smallest absolute Gasteiger partial charge is 0.253 e. The molecule has 0 aliphatic heterocycles. The predicted molar refractivity (Wildman–Crippen MR) is 85.7 cm³/mol. The molecule has 1 aromatic carbocycles. The Bertz CT molecular complexity index is 483. The second-order valence-electron chi connectivity index (χ2n) is 3.14. The summed E-state index contributed by atoms with van der Waals surface area (Å²) >= 11 is 23.6. The molecule has 1 amide bonds. The van der Waals surface area contributed by atoms with Crippen molar-refractivity contribution >= 4 is 80.7 Å². The number of hydrogen-bond acceptors (Lipinski definition) is 3. The molecule has 0 aliphatic carbocycles. The Labute approximate surface area is 138 Å². The van der Waals surface area contributed by atoms with Gasteiger partial charge < -0.3 is 5.32 Å². The lowest BCUT2D eigenvalue weighted by Crippen LogP contribution is -2.42. The first-order valence-corrected chi connectivity index (χ1v) is 7.17. The molecule has 96 valence electrons. The Balaban J connectivity index is 2.85. The summed E-state index contributed by atoms with van der Waals surface area (Å²) in [4.78, 5) is 15.5. The van der Waals surface area contributed by atoms with Crippen molar-refractivity contribution in [3.05, 3.63) is 33.4 Å². The number of carbonyl (C=O) groups is 1. The molecular formula is C10H6Cl3IN2OS. The lowest BCUT2D eigenvalue weighted by atomic mass is 10.2. The first-order valence-electron chi connectivity index (χ1n) is 4.54. The van der Waals surface area contributed by atoms with E-state index in [0.29, 0.717) is 5.56 Å². The quantitative estimate of drug-likeness (QED) is 0.340. The highest BCUT2D eigenvalue weighted by Gasteiger charge is 2.33. The van der Waals surface area contributed by atoms with E-state index in [4.69, 9.17) is 34.8 Å². The van der Waals surface area contributed by atoms with Crippen molar-refractivity contribution < 1.29 is 4.79 Å². The number of nitrogens with one attached hydrogen (secondary N) is 1. The third kappa shape index (κ3) is 4.99. The number of benzene rings is 1. The number of hydrogen-bond donors (Lipinski definition) is 1. The Hall–Kier alpha value is 0.0900. The van der Waals surface area contributed by atoms with E-state index in [-0.39, 0.29) is 0 Å². The van der Waals surface area contributed by atoms with E-state index >= 15 is 0 Å². The van der Waals surface area contributed by atoms with Gasteiger partial charge in [0.05, 0.1) is 5.16 Å². The Kier molecular flexibility index (Phi) is 6.30. The van der Waals surface area contributed by atoms with Crippen LogP contribution >= 0.6 is 69.6 Å². The molecule has 0 saturated carbocycles. The normalized spacial score (nSPS) is 12.4. The standard InChI is InChI=1S/C10H6Cl3IN2OS/c11-10(12,13)9(15-5-18)16-8(17)6-1-3-7(14)4-2-6/h1-4,9H,(H,16,17). The van der Waals surface area contributed by atoms with E-state index in [2.05, 4.69) is 50.3 Å². The van der Waals surface area contributed by atoms with Crippen molar-refractivity contribution in [3.63, 3.8) is 0 Å². The molecule has 0 heterocycles. The Morgan fingerprint density at radius 3 is 2.39 bits per heavy atom. The summed E-state index contributed by atoms with van der Waals surface area (Å²) < 4.78 is -0.774. The van der Waals surface area contributed by atoms with Crippen molar-refractivity contribution in [2.45, 2.75) is 9.96 Å². The number of aliphatic imine (C=N–C) groups is 1. The monoisotopic (exact) mass is 434 g/mol. The van der Waals surface area contributed by atoms with Crippen LogP contribution in [-0.4, -0.2) is 21.0 Å². The number of amides is 1. The summed E-state index contributed by atoms with van der Waals surface area (Å²) in [6.07, 6.45) is -1.08. The van der Waals surface area contributed by atoms with Crippen LogP contribution in [0.2, 0.25) is 0 Å². The highest BCUT2D eigenvalue weighted by Crippen LogP contribution is 2.31. The van der Waals surface area contributed by atoms with Crippen LogP contribution in [0.1, 0.15) is 10.4 Å². The molecule has 8 heteroatoms. The maximum Gasteiger partial charge on any atom is 0.253 e. The van der Waals surface area contributed by atoms with Crippen molar-refractivity contribution in [3.8, 4) is 0 Å². The third-order valence-corrected chi connectivity index (χ3v) is 3.31. The van der Waals surface area contributed by atoms with Gasteiger partial charge in [-0.2, -0.15) is 0 Å². The summed E-state index contributed by atoms with van der Waals surface area (Å²) in [6.45, 7) is 0. The van der Waals surface area contributed by atoms with Crippen LogP contribution in [0.3, 0.4) is 0 Å². The second-order valence-corrected chi connectivity index (χ2v) is 6.94. The summed E-state index contributed by atoms with van der Waals surface area (Å²) in [5.41, 5.74) is 0.439. The lowest BCUT2D eigenvalue weighted by molar-refractivity contribution is 0.0939. The molecule has 18 heavy (non-hydrogen) atoms. The van der Waals surface area contributed by atoms with Gasteiger partial charge in [-0.15, -0.1) is 0 Å². The van der Waals surface area contributed by atoms with E-state index in [1.165, 1.54) is 0 Å². The molecule has 1 aromatic rings. The molecular weight excluding hydrogens is 429 g/mol. The first-order chi connectivity index (χ1) is 8.34. The maximum atomic E-state index is 11.9. The third-order valence-electron chi connectivity index (χ3n) is 1.87. The van der Waals surface area contributed by atoms with Crippen molar-refractivity contribution in [2.75, 3.05) is 0 Å². The summed E-state index contributed by atoms with van der Waals surface area (Å²) in [5.74, 6) is -0.406. The molecule has 0 bridgehead atoms. The van der Waals surface area contributed by atoms with Crippen molar-refractivity contribution in [2.24, 2.45) is 4.99 Å². The van der Waals surface area contributed by atoms with Gasteiger partial charge in [0.2, 0.25) is 3.79 Å². The molecule has 1 atom stereocenters. The molecule has 0 saturated heterocycles. The van der Waals surface area contributed by atoms with E-state index in [1.54, 1.807) is 24.3 Å². The zero-order chi connectivity index (χ0) is 13.8.